The van der Waals surface area contributed by atoms with Crippen molar-refractivity contribution < 1.29 is 33.2 Å². The van der Waals surface area contributed by atoms with E-state index in [2.05, 4.69) is 11.7 Å². The van der Waals surface area contributed by atoms with Crippen LogP contribution in [-0.4, -0.2) is 19.8 Å². The van der Waals surface area contributed by atoms with Crippen molar-refractivity contribution in [3.05, 3.63) is 29.3 Å². The highest BCUT2D eigenvalue weighted by Crippen LogP contribution is 2.38. The Balaban J connectivity index is 0.00000243. The maximum atomic E-state index is 13.8. The van der Waals surface area contributed by atoms with Gasteiger partial charge in [0.05, 0.1) is 13.2 Å². The molecule has 0 spiro atoms. The van der Waals surface area contributed by atoms with E-state index in [1.165, 1.54) is 12.8 Å². The molecule has 1 saturated heterocycles. The molecule has 0 radical (unpaired) electrons. The zero-order valence-electron chi connectivity index (χ0n) is 14.0. The fraction of sp³-hybridized carbons (Fsp3) is 0.667. The summed E-state index contributed by atoms with van der Waals surface area (Å²) in [6.45, 7) is -0.120. The average Bonchev–Trinajstić information content (AvgIpc) is 2.59. The van der Waals surface area contributed by atoms with E-state index in [1.54, 1.807) is 0 Å². The predicted molar refractivity (Wildman–Crippen MR) is 84.4 cm³/mol. The standard InChI is InChI=1S/C18H22F4O3.H2/c1-10-2-4-11(5-3-10)13-8-23-17(24-9-13)12-6-14(19)16(15(20)7-12)25-18(21)22;/h6-7,10-11,13,17-18H,2-5,8-9H2,1H3;1H. The number of rotatable bonds is 4. The van der Waals surface area contributed by atoms with Crippen LogP contribution in [0.3, 0.4) is 0 Å². The zero-order valence-corrected chi connectivity index (χ0v) is 14.0. The molecule has 0 unspecified atom stereocenters. The van der Waals surface area contributed by atoms with Crippen LogP contribution in [0.25, 0.3) is 0 Å². The molecule has 1 aromatic carbocycles. The van der Waals surface area contributed by atoms with Gasteiger partial charge in [0.15, 0.2) is 23.7 Å². The van der Waals surface area contributed by atoms with Crippen molar-refractivity contribution in [3.8, 4) is 5.75 Å². The molecule has 142 valence electrons. The molecule has 1 aliphatic carbocycles. The summed E-state index contributed by atoms with van der Waals surface area (Å²) in [6, 6.07) is 1.82. The van der Waals surface area contributed by atoms with E-state index in [0.717, 1.165) is 30.9 Å². The first-order valence-electron chi connectivity index (χ1n) is 8.61. The lowest BCUT2D eigenvalue weighted by atomic mass is 9.76. The lowest BCUT2D eigenvalue weighted by molar-refractivity contribution is -0.214. The first-order chi connectivity index (χ1) is 11.9. The smallest absolute Gasteiger partial charge is 0.387 e. The summed E-state index contributed by atoms with van der Waals surface area (Å²) in [4.78, 5) is 0. The summed E-state index contributed by atoms with van der Waals surface area (Å²) in [5, 5.41) is 0. The summed E-state index contributed by atoms with van der Waals surface area (Å²) >= 11 is 0. The van der Waals surface area contributed by atoms with Gasteiger partial charge >= 0.3 is 6.61 Å². The Morgan fingerprint density at radius 3 is 2.08 bits per heavy atom. The number of ether oxygens (including phenoxy) is 3. The first kappa shape index (κ1) is 18.5. The monoisotopic (exact) mass is 364 g/mol. The summed E-state index contributed by atoms with van der Waals surface area (Å²) < 4.78 is 67.1. The van der Waals surface area contributed by atoms with Gasteiger partial charge in [0.25, 0.3) is 0 Å². The number of hydrogen-bond acceptors (Lipinski definition) is 3. The molecule has 3 nitrogen and oxygen atoms in total. The highest BCUT2D eigenvalue weighted by molar-refractivity contribution is 5.32. The minimum atomic E-state index is -3.30. The van der Waals surface area contributed by atoms with E-state index in [4.69, 9.17) is 9.47 Å². The zero-order chi connectivity index (χ0) is 18.0. The van der Waals surface area contributed by atoms with E-state index >= 15 is 0 Å². The summed E-state index contributed by atoms with van der Waals surface area (Å²) in [5.74, 6) is -1.91. The van der Waals surface area contributed by atoms with Gasteiger partial charge in [-0.15, -0.1) is 0 Å². The molecule has 0 bridgehead atoms. The summed E-state index contributed by atoms with van der Waals surface area (Å²) in [6.07, 6.45) is 3.79. The molecule has 0 aromatic heterocycles. The van der Waals surface area contributed by atoms with Crippen molar-refractivity contribution in [2.75, 3.05) is 13.2 Å². The molecule has 0 N–H and O–H groups in total. The number of benzene rings is 1. The molecule has 0 atom stereocenters. The summed E-state index contributed by atoms with van der Waals surface area (Å²) in [7, 11) is 0. The van der Waals surface area contributed by atoms with Gasteiger partial charge in [-0.2, -0.15) is 8.78 Å². The molecule has 1 heterocycles. The Bertz CT molecular complexity index is 563. The highest BCUT2D eigenvalue weighted by atomic mass is 19.3. The van der Waals surface area contributed by atoms with Gasteiger partial charge in [-0.25, -0.2) is 8.78 Å². The second-order valence-corrected chi connectivity index (χ2v) is 6.97. The normalized spacial score (nSPS) is 30.5. The lowest BCUT2D eigenvalue weighted by Gasteiger charge is -2.37. The van der Waals surface area contributed by atoms with Crippen LogP contribution in [0, 0.1) is 29.4 Å². The van der Waals surface area contributed by atoms with Gasteiger partial charge in [0, 0.05) is 12.9 Å². The molecule has 1 aliphatic heterocycles. The van der Waals surface area contributed by atoms with Gasteiger partial charge in [0.1, 0.15) is 0 Å². The molecule has 1 saturated carbocycles. The van der Waals surface area contributed by atoms with Crippen molar-refractivity contribution in [1.29, 1.82) is 0 Å². The predicted octanol–water partition coefficient (Wildman–Crippen LogP) is 5.30. The third-order valence-corrected chi connectivity index (χ3v) is 5.15. The van der Waals surface area contributed by atoms with Crippen LogP contribution in [0.5, 0.6) is 5.75 Å². The van der Waals surface area contributed by atoms with Crippen LogP contribution in [0.15, 0.2) is 12.1 Å². The third-order valence-electron chi connectivity index (χ3n) is 5.15. The molecule has 2 aliphatic rings. The maximum Gasteiger partial charge on any atom is 0.387 e. The van der Waals surface area contributed by atoms with Crippen molar-refractivity contribution >= 4 is 0 Å². The van der Waals surface area contributed by atoms with Crippen LogP contribution in [0.2, 0.25) is 0 Å². The van der Waals surface area contributed by atoms with Crippen molar-refractivity contribution in [2.24, 2.45) is 17.8 Å². The molecule has 25 heavy (non-hydrogen) atoms. The number of alkyl halides is 2. The Hall–Kier alpha value is -1.34. The average molecular weight is 364 g/mol. The van der Waals surface area contributed by atoms with Crippen molar-refractivity contribution in [2.45, 2.75) is 45.5 Å². The van der Waals surface area contributed by atoms with Crippen LogP contribution in [0.4, 0.5) is 17.6 Å². The lowest BCUT2D eigenvalue weighted by Crippen LogP contribution is -2.34. The molecule has 2 fully saturated rings. The second-order valence-electron chi connectivity index (χ2n) is 6.97. The Morgan fingerprint density at radius 1 is 1.00 bits per heavy atom. The fourth-order valence-electron chi connectivity index (χ4n) is 3.66. The van der Waals surface area contributed by atoms with Crippen molar-refractivity contribution in [1.82, 2.24) is 0 Å². The molecule has 7 heteroatoms. The van der Waals surface area contributed by atoms with Gasteiger partial charge in [-0.05, 0) is 36.8 Å². The minimum absolute atomic E-state index is 0. The van der Waals surface area contributed by atoms with E-state index in [1.807, 2.05) is 0 Å². The van der Waals surface area contributed by atoms with E-state index in [0.29, 0.717) is 19.1 Å². The Morgan fingerprint density at radius 2 is 1.56 bits per heavy atom. The molecule has 1 aromatic rings. The Kier molecular flexibility index (Phi) is 5.84. The Labute approximate surface area is 145 Å². The van der Waals surface area contributed by atoms with Gasteiger partial charge in [0.2, 0.25) is 0 Å². The molecular weight excluding hydrogens is 340 g/mol. The van der Waals surface area contributed by atoms with Crippen LogP contribution in [0.1, 0.15) is 45.9 Å². The van der Waals surface area contributed by atoms with Crippen molar-refractivity contribution in [3.63, 3.8) is 0 Å². The van der Waals surface area contributed by atoms with Gasteiger partial charge in [-0.3, -0.25) is 0 Å². The van der Waals surface area contributed by atoms with E-state index < -0.39 is 30.3 Å². The number of hydrogen-bond donors (Lipinski definition) is 0. The maximum absolute atomic E-state index is 13.8. The van der Waals surface area contributed by atoms with Crippen LogP contribution < -0.4 is 4.74 Å². The summed E-state index contributed by atoms with van der Waals surface area (Å²) in [5.41, 5.74) is 0.118. The molecular formula is C18H24F4O3. The molecule has 3 rings (SSSR count). The van der Waals surface area contributed by atoms with Crippen LogP contribution >= 0.6 is 0 Å². The van der Waals surface area contributed by atoms with E-state index in [-0.39, 0.29) is 12.9 Å². The van der Waals surface area contributed by atoms with Gasteiger partial charge < -0.3 is 14.2 Å². The number of halogens is 4. The third kappa shape index (κ3) is 4.44. The molecule has 0 amide bonds. The van der Waals surface area contributed by atoms with Crippen LogP contribution in [-0.2, 0) is 9.47 Å². The minimum Gasteiger partial charge on any atom is -0.429 e. The SMILES string of the molecule is CC1CCC(C2COC(c3cc(F)c(OC(F)F)c(F)c3)OC2)CC1.[HH]. The quantitative estimate of drug-likeness (QED) is 0.679. The van der Waals surface area contributed by atoms with Gasteiger partial charge in [-0.1, -0.05) is 19.8 Å². The first-order valence-corrected chi connectivity index (χ1v) is 8.61. The topological polar surface area (TPSA) is 27.7 Å². The largest absolute Gasteiger partial charge is 0.429 e. The second kappa shape index (κ2) is 7.91. The highest BCUT2D eigenvalue weighted by Gasteiger charge is 2.32. The fourth-order valence-corrected chi connectivity index (χ4v) is 3.66. The van der Waals surface area contributed by atoms with E-state index in [9.17, 15) is 17.6 Å².